The zero-order valence-corrected chi connectivity index (χ0v) is 15.0. The summed E-state index contributed by atoms with van der Waals surface area (Å²) in [5.74, 6) is -1.25. The number of hydrogen-bond acceptors (Lipinski definition) is 5. The van der Waals surface area contributed by atoms with Crippen LogP contribution in [-0.2, 0) is 11.2 Å². The van der Waals surface area contributed by atoms with Gasteiger partial charge in [0.15, 0.2) is 0 Å². The maximum atomic E-state index is 11.4. The van der Waals surface area contributed by atoms with Crippen LogP contribution in [0, 0.1) is 20.2 Å². The summed E-state index contributed by atoms with van der Waals surface area (Å²) in [6.07, 6.45) is 6.83. The summed E-state index contributed by atoms with van der Waals surface area (Å²) in [7, 11) is 0. The number of nitro benzene ring substituents is 2. The first-order valence-electron chi connectivity index (χ1n) is 8.63. The molecule has 0 radical (unpaired) electrons. The molecule has 26 heavy (non-hydrogen) atoms. The average molecular weight is 364 g/mol. The lowest BCUT2D eigenvalue weighted by atomic mass is 9.92. The Labute approximate surface area is 151 Å². The lowest BCUT2D eigenvalue weighted by Gasteiger charge is -2.13. The number of aliphatic carboxylic acids is 1. The van der Waals surface area contributed by atoms with Gasteiger partial charge in [-0.3, -0.25) is 20.2 Å². The van der Waals surface area contributed by atoms with Crippen LogP contribution in [0.15, 0.2) is 24.3 Å². The summed E-state index contributed by atoms with van der Waals surface area (Å²) in [5.41, 5.74) is -0.209. The lowest BCUT2D eigenvalue weighted by Crippen LogP contribution is -2.04. The number of carboxylic acid groups (broad SMARTS) is 1. The number of benzene rings is 1. The van der Waals surface area contributed by atoms with Crippen LogP contribution in [0.2, 0.25) is 0 Å². The number of nitro groups is 2. The second-order valence-corrected chi connectivity index (χ2v) is 6.25. The summed E-state index contributed by atoms with van der Waals surface area (Å²) < 4.78 is 0. The quantitative estimate of drug-likeness (QED) is 0.261. The van der Waals surface area contributed by atoms with Gasteiger partial charge in [-0.25, -0.2) is 4.79 Å². The summed E-state index contributed by atoms with van der Waals surface area (Å²) in [6.45, 7) is 4.01. The fourth-order valence-corrected chi connectivity index (χ4v) is 2.80. The minimum Gasteiger partial charge on any atom is -0.478 e. The first kappa shape index (κ1) is 21.3. The van der Waals surface area contributed by atoms with Crippen molar-refractivity contribution in [2.45, 2.75) is 58.3 Å². The highest BCUT2D eigenvalue weighted by Gasteiger charge is 2.27. The molecule has 1 unspecified atom stereocenters. The van der Waals surface area contributed by atoms with Gasteiger partial charge in [-0.2, -0.15) is 0 Å². The molecule has 0 aliphatic rings. The van der Waals surface area contributed by atoms with Crippen molar-refractivity contribution in [2.24, 2.45) is 0 Å². The molecule has 1 rings (SSSR count). The topological polar surface area (TPSA) is 124 Å². The molecule has 0 aliphatic heterocycles. The fraction of sp³-hybridized carbons (Fsp3) is 0.500. The van der Waals surface area contributed by atoms with Crippen molar-refractivity contribution in [1.82, 2.24) is 0 Å². The van der Waals surface area contributed by atoms with Crippen molar-refractivity contribution < 1.29 is 19.7 Å². The highest BCUT2D eigenvalue weighted by atomic mass is 16.6. The first-order valence-corrected chi connectivity index (χ1v) is 8.63. The van der Waals surface area contributed by atoms with E-state index >= 15 is 0 Å². The minimum atomic E-state index is -1.22. The van der Waals surface area contributed by atoms with Crippen LogP contribution >= 0.6 is 0 Å². The third-order valence-electron chi connectivity index (χ3n) is 4.26. The Balaban J connectivity index is 3.21. The molecule has 1 atom stereocenters. The number of rotatable bonds is 11. The minimum absolute atomic E-state index is 0.0344. The Bertz CT molecular complexity index is 664. The van der Waals surface area contributed by atoms with Crippen LogP contribution in [0.25, 0.3) is 0 Å². The van der Waals surface area contributed by atoms with Crippen molar-refractivity contribution in [3.63, 3.8) is 0 Å². The Morgan fingerprint density at radius 2 is 1.73 bits per heavy atom. The van der Waals surface area contributed by atoms with Gasteiger partial charge in [0.1, 0.15) is 5.56 Å². The van der Waals surface area contributed by atoms with Gasteiger partial charge in [0.25, 0.3) is 11.4 Å². The number of carbonyl (C=O) groups is 1. The van der Waals surface area contributed by atoms with Crippen LogP contribution in [-0.4, -0.2) is 20.9 Å². The van der Waals surface area contributed by atoms with E-state index in [-0.39, 0.29) is 29.3 Å². The smallest absolute Gasteiger partial charge is 0.327 e. The SMILES string of the molecule is CCCCCCC(C)c1cc([N+](=O)[O-])c(C/C=C/C(=O)O)c([N+](=O)[O-])c1. The van der Waals surface area contributed by atoms with E-state index in [0.29, 0.717) is 5.56 Å². The largest absolute Gasteiger partial charge is 0.478 e. The van der Waals surface area contributed by atoms with Gasteiger partial charge in [0, 0.05) is 24.6 Å². The Kier molecular flexibility index (Phi) is 8.41. The van der Waals surface area contributed by atoms with E-state index < -0.39 is 15.8 Å². The number of nitrogens with zero attached hydrogens (tertiary/aromatic N) is 2. The van der Waals surface area contributed by atoms with Gasteiger partial charge in [0.2, 0.25) is 0 Å². The fourth-order valence-electron chi connectivity index (χ4n) is 2.80. The number of hydrogen-bond donors (Lipinski definition) is 1. The van der Waals surface area contributed by atoms with E-state index in [4.69, 9.17) is 5.11 Å². The van der Waals surface area contributed by atoms with E-state index in [0.717, 1.165) is 38.2 Å². The Hall–Kier alpha value is -2.77. The second kappa shape index (κ2) is 10.3. The van der Waals surface area contributed by atoms with Crippen molar-refractivity contribution in [3.05, 3.63) is 55.6 Å². The van der Waals surface area contributed by atoms with Crippen molar-refractivity contribution >= 4 is 17.3 Å². The molecular formula is C18H24N2O6. The lowest BCUT2D eigenvalue weighted by molar-refractivity contribution is -0.395. The molecule has 8 heteroatoms. The molecule has 0 saturated heterocycles. The molecule has 0 bridgehead atoms. The molecule has 142 valence electrons. The first-order chi connectivity index (χ1) is 12.3. The van der Waals surface area contributed by atoms with E-state index in [1.54, 1.807) is 0 Å². The second-order valence-electron chi connectivity index (χ2n) is 6.25. The molecule has 0 aromatic heterocycles. The number of carboxylic acids is 1. The molecule has 1 aromatic carbocycles. The van der Waals surface area contributed by atoms with Crippen molar-refractivity contribution in [3.8, 4) is 0 Å². The molecule has 1 N–H and O–H groups in total. The van der Waals surface area contributed by atoms with E-state index in [9.17, 15) is 25.0 Å². The molecule has 1 aromatic rings. The summed E-state index contributed by atoms with van der Waals surface area (Å²) in [5, 5.41) is 31.5. The third-order valence-corrected chi connectivity index (χ3v) is 4.26. The molecule has 8 nitrogen and oxygen atoms in total. The zero-order chi connectivity index (χ0) is 19.7. The molecule has 0 amide bonds. The normalized spacial score (nSPS) is 12.2. The number of unbranched alkanes of at least 4 members (excludes halogenated alkanes) is 3. The predicted molar refractivity (Wildman–Crippen MR) is 97.4 cm³/mol. The van der Waals surface area contributed by atoms with Gasteiger partial charge in [-0.05, 0) is 17.9 Å². The van der Waals surface area contributed by atoms with Crippen molar-refractivity contribution in [2.75, 3.05) is 0 Å². The van der Waals surface area contributed by atoms with Gasteiger partial charge in [-0.1, -0.05) is 45.6 Å². The Morgan fingerprint density at radius 3 is 2.19 bits per heavy atom. The third kappa shape index (κ3) is 6.27. The molecule has 0 spiro atoms. The van der Waals surface area contributed by atoms with Gasteiger partial charge in [0.05, 0.1) is 9.85 Å². The van der Waals surface area contributed by atoms with Crippen LogP contribution in [0.4, 0.5) is 11.4 Å². The van der Waals surface area contributed by atoms with E-state index in [2.05, 4.69) is 6.92 Å². The highest BCUT2D eigenvalue weighted by molar-refractivity contribution is 5.79. The number of allylic oxidation sites excluding steroid dienone is 1. The van der Waals surface area contributed by atoms with Crippen LogP contribution in [0.3, 0.4) is 0 Å². The maximum Gasteiger partial charge on any atom is 0.327 e. The maximum absolute atomic E-state index is 11.4. The average Bonchev–Trinajstić information content (AvgIpc) is 2.57. The Morgan fingerprint density at radius 1 is 1.15 bits per heavy atom. The van der Waals surface area contributed by atoms with Gasteiger partial charge >= 0.3 is 5.97 Å². The molecule has 0 saturated carbocycles. The van der Waals surface area contributed by atoms with E-state index in [1.165, 1.54) is 18.2 Å². The monoisotopic (exact) mass is 364 g/mol. The van der Waals surface area contributed by atoms with Crippen LogP contribution < -0.4 is 0 Å². The van der Waals surface area contributed by atoms with Crippen molar-refractivity contribution in [1.29, 1.82) is 0 Å². The molecule has 0 heterocycles. The standard InChI is InChI=1S/C18H24N2O6/c1-3-4-5-6-8-13(2)14-11-16(19(23)24)15(9-7-10-18(21)22)17(12-14)20(25)26/h7,10-13H,3-6,8-9H2,1-2H3,(H,21,22)/b10-7+. The predicted octanol–water partition coefficient (Wildman–Crippen LogP) is 4.76. The van der Waals surface area contributed by atoms with E-state index in [1.807, 2.05) is 6.92 Å². The van der Waals surface area contributed by atoms with Gasteiger partial charge in [-0.15, -0.1) is 0 Å². The summed E-state index contributed by atoms with van der Waals surface area (Å²) >= 11 is 0. The van der Waals surface area contributed by atoms with Crippen LogP contribution in [0.5, 0.6) is 0 Å². The highest BCUT2D eigenvalue weighted by Crippen LogP contribution is 2.35. The van der Waals surface area contributed by atoms with Crippen LogP contribution in [0.1, 0.15) is 63.0 Å². The molecule has 0 fully saturated rings. The van der Waals surface area contributed by atoms with Gasteiger partial charge < -0.3 is 5.11 Å². The molecular weight excluding hydrogens is 340 g/mol. The summed E-state index contributed by atoms with van der Waals surface area (Å²) in [6, 6.07) is 2.75. The zero-order valence-electron chi connectivity index (χ0n) is 15.0. The molecule has 0 aliphatic carbocycles. The summed E-state index contributed by atoms with van der Waals surface area (Å²) in [4.78, 5) is 32.1.